The van der Waals surface area contributed by atoms with Gasteiger partial charge in [0.25, 0.3) is 5.91 Å². The predicted molar refractivity (Wildman–Crippen MR) is 94.1 cm³/mol. The van der Waals surface area contributed by atoms with Crippen LogP contribution in [0, 0.1) is 0 Å². The summed E-state index contributed by atoms with van der Waals surface area (Å²) in [7, 11) is 0. The number of hydrogen-bond acceptors (Lipinski definition) is 6. The van der Waals surface area contributed by atoms with E-state index in [9.17, 15) is 4.79 Å². The normalized spacial score (nSPS) is 22.0. The van der Waals surface area contributed by atoms with Gasteiger partial charge in [0.1, 0.15) is 9.88 Å². The fourth-order valence-electron chi connectivity index (χ4n) is 3.41. The van der Waals surface area contributed by atoms with E-state index in [1.165, 1.54) is 11.3 Å². The van der Waals surface area contributed by atoms with Crippen molar-refractivity contribution in [2.24, 2.45) is 0 Å². The van der Waals surface area contributed by atoms with E-state index in [-0.39, 0.29) is 5.91 Å². The highest BCUT2D eigenvalue weighted by Crippen LogP contribution is 2.26. The highest BCUT2D eigenvalue weighted by atomic mass is 32.1. The van der Waals surface area contributed by atoms with Crippen molar-refractivity contribution >= 4 is 17.2 Å². The summed E-state index contributed by atoms with van der Waals surface area (Å²) in [4.78, 5) is 26.6. The fraction of sp³-hybridized carbons (Fsp3) is 0.471. The maximum Gasteiger partial charge on any atom is 0.265 e. The Bertz CT molecular complexity index is 698. The Morgan fingerprint density at radius 2 is 2.08 bits per heavy atom. The molecular formula is C17H21N5OS. The van der Waals surface area contributed by atoms with E-state index in [1.54, 1.807) is 12.4 Å². The lowest BCUT2D eigenvalue weighted by Crippen LogP contribution is -2.49. The number of likely N-dealkylation sites (tertiary alicyclic amines) is 1. The quantitative estimate of drug-likeness (QED) is 0.911. The molecule has 1 unspecified atom stereocenters. The minimum Gasteiger partial charge on any atom is -0.336 e. The number of amides is 1. The van der Waals surface area contributed by atoms with Gasteiger partial charge in [-0.25, -0.2) is 4.98 Å². The van der Waals surface area contributed by atoms with Gasteiger partial charge in [-0.3, -0.25) is 14.7 Å². The van der Waals surface area contributed by atoms with E-state index in [1.807, 2.05) is 23.1 Å². The SMILES string of the molecule is O=C(c1cnc(-c2ccccn2)s1)N1CCC(N2CCNCC2)C1. The highest BCUT2D eigenvalue weighted by Gasteiger charge is 2.32. The Morgan fingerprint density at radius 3 is 2.88 bits per heavy atom. The Labute approximate surface area is 145 Å². The van der Waals surface area contributed by atoms with Crippen molar-refractivity contribution in [2.45, 2.75) is 12.5 Å². The van der Waals surface area contributed by atoms with Gasteiger partial charge in [-0.15, -0.1) is 11.3 Å². The summed E-state index contributed by atoms with van der Waals surface area (Å²) in [6.07, 6.45) is 4.50. The molecule has 2 aromatic heterocycles. The second-order valence-electron chi connectivity index (χ2n) is 6.22. The summed E-state index contributed by atoms with van der Waals surface area (Å²) >= 11 is 1.43. The van der Waals surface area contributed by atoms with E-state index >= 15 is 0 Å². The van der Waals surface area contributed by atoms with Crippen molar-refractivity contribution in [1.82, 2.24) is 25.1 Å². The van der Waals surface area contributed by atoms with Crippen LogP contribution >= 0.6 is 11.3 Å². The molecule has 1 N–H and O–H groups in total. The molecule has 4 rings (SSSR count). The van der Waals surface area contributed by atoms with E-state index in [0.717, 1.165) is 56.4 Å². The molecule has 2 aromatic rings. The zero-order chi connectivity index (χ0) is 16.4. The number of pyridine rings is 1. The van der Waals surface area contributed by atoms with Crippen LogP contribution in [0.4, 0.5) is 0 Å². The smallest absolute Gasteiger partial charge is 0.265 e. The number of hydrogen-bond donors (Lipinski definition) is 1. The highest BCUT2D eigenvalue weighted by molar-refractivity contribution is 7.16. The number of carbonyl (C=O) groups excluding carboxylic acids is 1. The van der Waals surface area contributed by atoms with Gasteiger partial charge < -0.3 is 10.2 Å². The van der Waals surface area contributed by atoms with E-state index in [2.05, 4.69) is 20.2 Å². The van der Waals surface area contributed by atoms with Crippen LogP contribution in [0.1, 0.15) is 16.1 Å². The minimum atomic E-state index is 0.104. The first-order valence-corrected chi connectivity index (χ1v) is 9.24. The van der Waals surface area contributed by atoms with E-state index < -0.39 is 0 Å². The van der Waals surface area contributed by atoms with E-state index in [4.69, 9.17) is 0 Å². The lowest BCUT2D eigenvalue weighted by molar-refractivity contribution is 0.0778. The fourth-order valence-corrected chi connectivity index (χ4v) is 4.27. The molecule has 0 aromatic carbocycles. The van der Waals surface area contributed by atoms with Crippen LogP contribution < -0.4 is 5.32 Å². The number of carbonyl (C=O) groups is 1. The topological polar surface area (TPSA) is 61.4 Å². The van der Waals surface area contributed by atoms with Crippen LogP contribution in [0.25, 0.3) is 10.7 Å². The van der Waals surface area contributed by atoms with Gasteiger partial charge in [0.05, 0.1) is 11.9 Å². The first-order valence-electron chi connectivity index (χ1n) is 8.42. The lowest BCUT2D eigenvalue weighted by Gasteiger charge is -2.32. The second kappa shape index (κ2) is 6.96. The van der Waals surface area contributed by atoms with Gasteiger partial charge in [0, 0.05) is 51.5 Å². The van der Waals surface area contributed by atoms with Crippen LogP contribution in [0.3, 0.4) is 0 Å². The zero-order valence-corrected chi connectivity index (χ0v) is 14.3. The van der Waals surface area contributed by atoms with Crippen molar-refractivity contribution < 1.29 is 4.79 Å². The number of aromatic nitrogens is 2. The van der Waals surface area contributed by atoms with Crippen molar-refractivity contribution in [1.29, 1.82) is 0 Å². The first kappa shape index (κ1) is 15.7. The summed E-state index contributed by atoms with van der Waals surface area (Å²) in [5.74, 6) is 0.104. The number of thiazole rings is 1. The van der Waals surface area contributed by atoms with E-state index in [0.29, 0.717) is 10.9 Å². The van der Waals surface area contributed by atoms with Crippen LogP contribution in [0.15, 0.2) is 30.6 Å². The number of rotatable bonds is 3. The van der Waals surface area contributed by atoms with Crippen LogP contribution in [-0.4, -0.2) is 71.0 Å². The third-order valence-electron chi connectivity index (χ3n) is 4.72. The Balaban J connectivity index is 1.42. The molecule has 2 fully saturated rings. The average Bonchev–Trinajstić information content (AvgIpc) is 3.33. The molecule has 0 bridgehead atoms. The molecule has 1 atom stereocenters. The molecule has 24 heavy (non-hydrogen) atoms. The molecule has 6 nitrogen and oxygen atoms in total. The molecule has 2 saturated heterocycles. The molecule has 7 heteroatoms. The molecule has 0 radical (unpaired) electrons. The zero-order valence-electron chi connectivity index (χ0n) is 13.5. The Hall–Kier alpha value is -1.83. The number of nitrogens with zero attached hydrogens (tertiary/aromatic N) is 4. The first-order chi connectivity index (χ1) is 11.8. The molecular weight excluding hydrogens is 322 g/mol. The molecule has 0 saturated carbocycles. The predicted octanol–water partition coefficient (Wildman–Crippen LogP) is 1.32. The largest absolute Gasteiger partial charge is 0.336 e. The summed E-state index contributed by atoms with van der Waals surface area (Å²) in [5, 5.41) is 4.18. The van der Waals surface area contributed by atoms with Gasteiger partial charge in [0.2, 0.25) is 0 Å². The van der Waals surface area contributed by atoms with Crippen molar-refractivity contribution in [3.63, 3.8) is 0 Å². The number of piperazine rings is 1. The molecule has 126 valence electrons. The summed E-state index contributed by atoms with van der Waals surface area (Å²) in [6.45, 7) is 5.92. The van der Waals surface area contributed by atoms with Gasteiger partial charge >= 0.3 is 0 Å². The maximum absolute atomic E-state index is 12.8. The minimum absolute atomic E-state index is 0.104. The Kier molecular flexibility index (Phi) is 4.55. The molecule has 2 aliphatic rings. The van der Waals surface area contributed by atoms with Crippen LogP contribution in [-0.2, 0) is 0 Å². The van der Waals surface area contributed by atoms with Gasteiger partial charge in [0.15, 0.2) is 0 Å². The molecule has 2 aliphatic heterocycles. The number of nitrogens with one attached hydrogen (secondary N) is 1. The molecule has 4 heterocycles. The van der Waals surface area contributed by atoms with Crippen LogP contribution in [0.2, 0.25) is 0 Å². The maximum atomic E-state index is 12.8. The summed E-state index contributed by atoms with van der Waals surface area (Å²) in [5.41, 5.74) is 0.821. The monoisotopic (exact) mass is 343 g/mol. The summed E-state index contributed by atoms with van der Waals surface area (Å²) in [6, 6.07) is 6.23. The van der Waals surface area contributed by atoms with Crippen LogP contribution in [0.5, 0.6) is 0 Å². The van der Waals surface area contributed by atoms with Crippen molar-refractivity contribution in [2.75, 3.05) is 39.3 Å². The standard InChI is InChI=1S/C17H21N5OS/c23-17(15-11-20-16(24-15)14-3-1-2-5-19-14)22-8-4-13(12-22)21-9-6-18-7-10-21/h1-3,5,11,13,18H,4,6-10,12H2. The van der Waals surface area contributed by atoms with Gasteiger partial charge in [-0.2, -0.15) is 0 Å². The molecule has 0 aliphatic carbocycles. The lowest BCUT2D eigenvalue weighted by atomic mass is 10.2. The van der Waals surface area contributed by atoms with Crippen molar-refractivity contribution in [3.8, 4) is 10.7 Å². The third-order valence-corrected chi connectivity index (χ3v) is 5.73. The Morgan fingerprint density at radius 1 is 1.21 bits per heavy atom. The average molecular weight is 343 g/mol. The van der Waals surface area contributed by atoms with Gasteiger partial charge in [-0.05, 0) is 18.6 Å². The second-order valence-corrected chi connectivity index (χ2v) is 7.25. The molecule has 0 spiro atoms. The van der Waals surface area contributed by atoms with Gasteiger partial charge in [-0.1, -0.05) is 6.07 Å². The third kappa shape index (κ3) is 3.19. The summed E-state index contributed by atoms with van der Waals surface area (Å²) < 4.78 is 0. The molecule has 1 amide bonds. The van der Waals surface area contributed by atoms with Crippen molar-refractivity contribution in [3.05, 3.63) is 35.5 Å².